The lowest BCUT2D eigenvalue weighted by Gasteiger charge is -2.35. The molecular formula is C24H18F2O. The number of hydrogen-bond acceptors (Lipinski definition) is 1. The number of benzene rings is 3. The van der Waals surface area contributed by atoms with Gasteiger partial charge in [-0.1, -0.05) is 84.9 Å². The summed E-state index contributed by atoms with van der Waals surface area (Å²) in [4.78, 5) is 0. The fourth-order valence-corrected chi connectivity index (χ4v) is 5.65. The van der Waals surface area contributed by atoms with Crippen LogP contribution in [0.1, 0.15) is 35.1 Å². The molecule has 2 heterocycles. The molecule has 134 valence electrons. The van der Waals surface area contributed by atoms with Crippen LogP contribution in [0.25, 0.3) is 0 Å². The van der Waals surface area contributed by atoms with E-state index in [1.165, 1.54) is 0 Å². The fraction of sp³-hybridized carbons (Fsp3) is 0.250. The molecule has 2 aliphatic heterocycles. The Morgan fingerprint density at radius 2 is 1.15 bits per heavy atom. The molecule has 1 spiro atoms. The molecule has 0 radical (unpaired) electrons. The van der Waals surface area contributed by atoms with Gasteiger partial charge in [-0.15, -0.1) is 0 Å². The highest BCUT2D eigenvalue weighted by atomic mass is 19.3. The van der Waals surface area contributed by atoms with E-state index in [9.17, 15) is 8.78 Å². The number of rotatable bonds is 2. The van der Waals surface area contributed by atoms with Crippen molar-refractivity contribution in [3.8, 4) is 0 Å². The van der Waals surface area contributed by atoms with Gasteiger partial charge in [0.05, 0.1) is 5.41 Å². The third-order valence-corrected chi connectivity index (χ3v) is 6.81. The van der Waals surface area contributed by atoms with Crippen molar-refractivity contribution < 1.29 is 13.5 Å². The Morgan fingerprint density at radius 1 is 0.630 bits per heavy atom. The minimum Gasteiger partial charge on any atom is -0.349 e. The maximum Gasteiger partial charge on any atom is 0.258 e. The van der Waals surface area contributed by atoms with Gasteiger partial charge in [-0.25, -0.2) is 8.78 Å². The van der Waals surface area contributed by atoms with E-state index in [2.05, 4.69) is 0 Å². The average Bonchev–Trinajstić information content (AvgIpc) is 3.02. The van der Waals surface area contributed by atoms with Crippen LogP contribution < -0.4 is 0 Å². The molecule has 0 N–H and O–H groups in total. The van der Waals surface area contributed by atoms with Crippen LogP contribution in [0, 0.1) is 5.41 Å². The molecule has 6 rings (SSSR count). The van der Waals surface area contributed by atoms with Gasteiger partial charge in [-0.3, -0.25) is 0 Å². The van der Waals surface area contributed by atoms with Crippen LogP contribution >= 0.6 is 0 Å². The van der Waals surface area contributed by atoms with Crippen LogP contribution in [0.15, 0.2) is 84.9 Å². The van der Waals surface area contributed by atoms with Gasteiger partial charge in [0, 0.05) is 6.42 Å². The molecule has 1 nitrogen and oxygen atoms in total. The Labute approximate surface area is 156 Å². The van der Waals surface area contributed by atoms with Crippen LogP contribution in [0.3, 0.4) is 0 Å². The monoisotopic (exact) mass is 360 g/mol. The zero-order valence-electron chi connectivity index (χ0n) is 14.7. The molecule has 1 saturated heterocycles. The molecule has 0 amide bonds. The standard InChI is InChI=1S/C24H18F2O/c25-23(26)16-21(23)15-22(17-9-3-1-4-10-17)19-13-7-8-14-20(19)24(21,27-22)18-11-5-2-6-12-18/h1-14H,15-16H2/t21-,22+,24-/m1/s1. The quantitative estimate of drug-likeness (QED) is 0.575. The van der Waals surface area contributed by atoms with Gasteiger partial charge in [-0.2, -0.15) is 0 Å². The van der Waals surface area contributed by atoms with E-state index in [1.807, 2.05) is 84.9 Å². The SMILES string of the molecule is FC1(F)C[C@]12C[C@@]1(c3ccccc3)O[C@]2(c2ccccc2)c2ccccc21. The number of hydrogen-bond donors (Lipinski definition) is 0. The molecule has 0 aromatic heterocycles. The normalized spacial score (nSPS) is 34.6. The lowest BCUT2D eigenvalue weighted by Crippen LogP contribution is -2.39. The first kappa shape index (κ1) is 15.5. The van der Waals surface area contributed by atoms with E-state index in [4.69, 9.17) is 4.74 Å². The molecule has 2 bridgehead atoms. The molecule has 3 aromatic carbocycles. The van der Waals surface area contributed by atoms with Crippen molar-refractivity contribution in [2.45, 2.75) is 30.0 Å². The zero-order valence-corrected chi connectivity index (χ0v) is 14.7. The zero-order chi connectivity index (χ0) is 18.3. The maximum atomic E-state index is 15.0. The Morgan fingerprint density at radius 3 is 1.74 bits per heavy atom. The van der Waals surface area contributed by atoms with Crippen LogP contribution in [0.4, 0.5) is 8.78 Å². The van der Waals surface area contributed by atoms with Crippen molar-refractivity contribution in [1.82, 2.24) is 0 Å². The Bertz CT molecular complexity index is 1050. The largest absolute Gasteiger partial charge is 0.349 e. The second-order valence-electron chi connectivity index (χ2n) is 8.03. The summed E-state index contributed by atoms with van der Waals surface area (Å²) in [6.07, 6.45) is 0.181. The maximum absolute atomic E-state index is 15.0. The predicted molar refractivity (Wildman–Crippen MR) is 98.6 cm³/mol. The van der Waals surface area contributed by atoms with Crippen molar-refractivity contribution in [3.63, 3.8) is 0 Å². The third kappa shape index (κ3) is 1.59. The topological polar surface area (TPSA) is 9.23 Å². The number of alkyl halides is 2. The second kappa shape index (κ2) is 4.66. The predicted octanol–water partition coefficient (Wildman–Crippen LogP) is 5.63. The molecule has 2 fully saturated rings. The first-order valence-electron chi connectivity index (χ1n) is 9.35. The minimum absolute atomic E-state index is 0.127. The van der Waals surface area contributed by atoms with Crippen LogP contribution in [-0.2, 0) is 15.9 Å². The molecule has 27 heavy (non-hydrogen) atoms. The molecule has 3 aliphatic rings. The third-order valence-electron chi connectivity index (χ3n) is 6.81. The van der Waals surface area contributed by atoms with Crippen LogP contribution in [0.5, 0.6) is 0 Å². The first-order chi connectivity index (χ1) is 13.1. The molecular weight excluding hydrogens is 342 g/mol. The highest BCUT2D eigenvalue weighted by molar-refractivity contribution is 5.60. The Balaban J connectivity index is 1.71. The highest BCUT2D eigenvalue weighted by Crippen LogP contribution is 2.83. The summed E-state index contributed by atoms with van der Waals surface area (Å²) < 4.78 is 36.8. The van der Waals surface area contributed by atoms with Crippen molar-refractivity contribution in [2.75, 3.05) is 0 Å². The van der Waals surface area contributed by atoms with E-state index in [0.717, 1.165) is 22.3 Å². The fourth-order valence-electron chi connectivity index (χ4n) is 5.65. The summed E-state index contributed by atoms with van der Waals surface area (Å²) in [7, 11) is 0. The summed E-state index contributed by atoms with van der Waals surface area (Å²) >= 11 is 0. The van der Waals surface area contributed by atoms with Gasteiger partial charge in [0.15, 0.2) is 0 Å². The molecule has 3 atom stereocenters. The number of fused-ring (bicyclic) bond motifs is 6. The van der Waals surface area contributed by atoms with Crippen LogP contribution in [0.2, 0.25) is 0 Å². The van der Waals surface area contributed by atoms with Gasteiger partial charge in [0.25, 0.3) is 5.92 Å². The highest BCUT2D eigenvalue weighted by Gasteiger charge is 2.89. The van der Waals surface area contributed by atoms with E-state index < -0.39 is 22.5 Å². The smallest absolute Gasteiger partial charge is 0.258 e. The van der Waals surface area contributed by atoms with E-state index in [1.54, 1.807) is 0 Å². The molecule has 0 unspecified atom stereocenters. The van der Waals surface area contributed by atoms with Crippen molar-refractivity contribution in [1.29, 1.82) is 0 Å². The van der Waals surface area contributed by atoms with E-state index in [-0.39, 0.29) is 6.42 Å². The lowest BCUT2D eigenvalue weighted by atomic mass is 9.64. The van der Waals surface area contributed by atoms with Gasteiger partial charge in [0.1, 0.15) is 11.2 Å². The summed E-state index contributed by atoms with van der Waals surface area (Å²) in [5, 5.41) is 0. The molecule has 1 aliphatic carbocycles. The Hall–Kier alpha value is -2.52. The van der Waals surface area contributed by atoms with Crippen LogP contribution in [-0.4, -0.2) is 5.92 Å². The Kier molecular flexibility index (Phi) is 2.68. The summed E-state index contributed by atoms with van der Waals surface area (Å²) in [6, 6.07) is 27.4. The molecule has 1 saturated carbocycles. The van der Waals surface area contributed by atoms with Gasteiger partial charge in [0.2, 0.25) is 0 Å². The summed E-state index contributed by atoms with van der Waals surface area (Å²) in [5.41, 5.74) is 0.570. The first-order valence-corrected chi connectivity index (χ1v) is 9.35. The van der Waals surface area contributed by atoms with Gasteiger partial charge in [-0.05, 0) is 28.7 Å². The number of ether oxygens (including phenoxy) is 1. The van der Waals surface area contributed by atoms with Crippen molar-refractivity contribution >= 4 is 0 Å². The van der Waals surface area contributed by atoms with Gasteiger partial charge >= 0.3 is 0 Å². The second-order valence-corrected chi connectivity index (χ2v) is 8.03. The summed E-state index contributed by atoms with van der Waals surface area (Å²) in [5.74, 6) is -2.73. The average molecular weight is 360 g/mol. The van der Waals surface area contributed by atoms with Crippen molar-refractivity contribution in [3.05, 3.63) is 107 Å². The lowest BCUT2D eigenvalue weighted by molar-refractivity contribution is -0.0737. The number of halogens is 2. The summed E-state index contributed by atoms with van der Waals surface area (Å²) in [6.45, 7) is 0. The van der Waals surface area contributed by atoms with Crippen molar-refractivity contribution in [2.24, 2.45) is 5.41 Å². The molecule has 3 heteroatoms. The molecule has 3 aromatic rings. The van der Waals surface area contributed by atoms with E-state index >= 15 is 0 Å². The minimum atomic E-state index is -2.73. The van der Waals surface area contributed by atoms with E-state index in [0.29, 0.717) is 6.42 Å². The van der Waals surface area contributed by atoms with Gasteiger partial charge < -0.3 is 4.74 Å².